The number of amides is 1. The Bertz CT molecular complexity index is 1150. The normalized spacial score (nSPS) is 20.3. The molecule has 0 aromatic carbocycles. The lowest BCUT2D eigenvalue weighted by Gasteiger charge is -2.40. The van der Waals surface area contributed by atoms with E-state index in [1.165, 1.54) is 109 Å². The van der Waals surface area contributed by atoms with Crippen LogP contribution >= 0.6 is 0 Å². The Morgan fingerprint density at radius 2 is 1.08 bits per heavy atom. The van der Waals surface area contributed by atoms with Crippen LogP contribution in [-0.2, 0) is 23.8 Å². The van der Waals surface area contributed by atoms with Crippen molar-refractivity contribution in [3.63, 3.8) is 0 Å². The first-order chi connectivity index (χ1) is 30.7. The summed E-state index contributed by atoms with van der Waals surface area (Å²) in [4.78, 5) is 25.0. The first-order valence-corrected chi connectivity index (χ1v) is 25.8. The van der Waals surface area contributed by atoms with Crippen LogP contribution in [0.3, 0.4) is 0 Å². The van der Waals surface area contributed by atoms with Crippen LogP contribution < -0.4 is 5.32 Å². The van der Waals surface area contributed by atoms with Gasteiger partial charge in [-0.3, -0.25) is 9.59 Å². The SMILES string of the molecule is CCCC/C=C\C/C=C\CCCCCCCC(=O)OCCCCCCCCCCCCCCC(=O)NC(COC1OC(CO)C(O)C(O)C1O)C(O)/C=C/CCCCCCCCC. The fourth-order valence-corrected chi connectivity index (χ4v) is 7.80. The quantitative estimate of drug-likeness (QED) is 0.0196. The third-order valence-corrected chi connectivity index (χ3v) is 12.0. The number of aliphatic hydroxyl groups excluding tert-OH is 5. The molecule has 0 saturated carbocycles. The minimum absolute atomic E-state index is 0.0488. The van der Waals surface area contributed by atoms with Crippen LogP contribution in [0.5, 0.6) is 0 Å². The number of unbranched alkanes of at least 4 members (excludes halogenated alkanes) is 25. The summed E-state index contributed by atoms with van der Waals surface area (Å²) in [5.41, 5.74) is 0. The molecule has 0 spiro atoms. The summed E-state index contributed by atoms with van der Waals surface area (Å²) >= 11 is 0. The second-order valence-electron chi connectivity index (χ2n) is 17.9. The van der Waals surface area contributed by atoms with Gasteiger partial charge in [-0.2, -0.15) is 0 Å². The number of ether oxygens (including phenoxy) is 3. The molecule has 1 rings (SSSR count). The van der Waals surface area contributed by atoms with Gasteiger partial charge in [0.05, 0.1) is 32.0 Å². The molecule has 1 amide bonds. The molecule has 1 saturated heterocycles. The van der Waals surface area contributed by atoms with Crippen molar-refractivity contribution in [1.82, 2.24) is 5.32 Å². The van der Waals surface area contributed by atoms with Gasteiger partial charge < -0.3 is 45.1 Å². The van der Waals surface area contributed by atoms with E-state index in [9.17, 15) is 35.1 Å². The van der Waals surface area contributed by atoms with Gasteiger partial charge in [-0.25, -0.2) is 0 Å². The zero-order valence-corrected chi connectivity index (χ0v) is 40.0. The molecular weight excluding hydrogens is 799 g/mol. The number of allylic oxidation sites excluding steroid dienone is 5. The summed E-state index contributed by atoms with van der Waals surface area (Å²) < 4.78 is 16.6. The fourth-order valence-electron chi connectivity index (χ4n) is 7.80. The number of carbonyl (C=O) groups excluding carboxylic acids is 2. The largest absolute Gasteiger partial charge is 0.466 e. The lowest BCUT2D eigenvalue weighted by molar-refractivity contribution is -0.302. The van der Waals surface area contributed by atoms with E-state index in [1.807, 2.05) is 6.08 Å². The molecule has 0 bridgehead atoms. The van der Waals surface area contributed by atoms with Crippen LogP contribution in [-0.4, -0.2) is 100 Å². The Morgan fingerprint density at radius 1 is 0.587 bits per heavy atom. The van der Waals surface area contributed by atoms with Crippen molar-refractivity contribution >= 4 is 11.9 Å². The number of hydrogen-bond donors (Lipinski definition) is 6. The van der Waals surface area contributed by atoms with Gasteiger partial charge in [0.25, 0.3) is 0 Å². The molecule has 11 nitrogen and oxygen atoms in total. The molecule has 1 fully saturated rings. The van der Waals surface area contributed by atoms with Gasteiger partial charge in [0.15, 0.2) is 6.29 Å². The van der Waals surface area contributed by atoms with Crippen LogP contribution in [0.1, 0.15) is 219 Å². The van der Waals surface area contributed by atoms with Crippen molar-refractivity contribution in [2.45, 2.75) is 262 Å². The monoisotopic (exact) mass is 894 g/mol. The summed E-state index contributed by atoms with van der Waals surface area (Å²) in [6.07, 6.45) is 39.4. The van der Waals surface area contributed by atoms with Crippen molar-refractivity contribution in [3.8, 4) is 0 Å². The summed E-state index contributed by atoms with van der Waals surface area (Å²) in [6, 6.07) is -0.821. The Kier molecular flexibility index (Phi) is 39.7. The molecule has 63 heavy (non-hydrogen) atoms. The van der Waals surface area contributed by atoms with Gasteiger partial charge in [-0.1, -0.05) is 185 Å². The maximum absolute atomic E-state index is 12.9. The minimum atomic E-state index is -1.58. The molecule has 0 radical (unpaired) electrons. The molecule has 1 heterocycles. The lowest BCUT2D eigenvalue weighted by Crippen LogP contribution is -2.60. The van der Waals surface area contributed by atoms with Crippen LogP contribution in [0.4, 0.5) is 0 Å². The molecule has 11 heteroatoms. The molecule has 6 N–H and O–H groups in total. The second kappa shape index (κ2) is 42.5. The maximum Gasteiger partial charge on any atom is 0.305 e. The molecule has 0 aromatic heterocycles. The maximum atomic E-state index is 12.9. The average molecular weight is 894 g/mol. The second-order valence-corrected chi connectivity index (χ2v) is 17.9. The zero-order chi connectivity index (χ0) is 46.0. The standard InChI is InChI=1S/C52H95NO10/c1-3-5-7-9-11-13-14-15-16-20-24-28-32-36-40-48(57)61-41-37-33-29-25-21-18-17-19-23-27-31-35-39-47(56)53-44(45(55)38-34-30-26-22-12-10-8-6-4-2)43-62-52-51(60)50(59)49(58)46(42-54)63-52/h9,11,14-15,34,38,44-46,49-52,54-55,58-60H,3-8,10,12-13,16-33,35-37,39-43H2,1-2H3,(H,53,56)/b11-9-,15-14-,38-34+. The van der Waals surface area contributed by atoms with Crippen molar-refractivity contribution in [1.29, 1.82) is 0 Å². The molecule has 368 valence electrons. The summed E-state index contributed by atoms with van der Waals surface area (Å²) in [7, 11) is 0. The van der Waals surface area contributed by atoms with Gasteiger partial charge >= 0.3 is 5.97 Å². The van der Waals surface area contributed by atoms with Crippen molar-refractivity contribution in [2.75, 3.05) is 19.8 Å². The van der Waals surface area contributed by atoms with Gasteiger partial charge in [0, 0.05) is 12.8 Å². The minimum Gasteiger partial charge on any atom is -0.466 e. The zero-order valence-electron chi connectivity index (χ0n) is 40.0. The highest BCUT2D eigenvalue weighted by Gasteiger charge is 2.44. The Balaban J connectivity index is 2.13. The number of esters is 1. The van der Waals surface area contributed by atoms with Crippen molar-refractivity contribution < 1.29 is 49.3 Å². The van der Waals surface area contributed by atoms with Gasteiger partial charge in [-0.05, 0) is 57.8 Å². The van der Waals surface area contributed by atoms with Gasteiger partial charge in [-0.15, -0.1) is 0 Å². The van der Waals surface area contributed by atoms with E-state index in [1.54, 1.807) is 6.08 Å². The van der Waals surface area contributed by atoms with Crippen LogP contribution in [0.15, 0.2) is 36.5 Å². The van der Waals surface area contributed by atoms with E-state index in [0.717, 1.165) is 83.5 Å². The Hall–Kier alpha value is -2.12. The third-order valence-electron chi connectivity index (χ3n) is 12.0. The third kappa shape index (κ3) is 33.1. The predicted octanol–water partition coefficient (Wildman–Crippen LogP) is 10.4. The van der Waals surface area contributed by atoms with Crippen molar-refractivity contribution in [2.24, 2.45) is 0 Å². The van der Waals surface area contributed by atoms with E-state index >= 15 is 0 Å². The Morgan fingerprint density at radius 3 is 1.65 bits per heavy atom. The highest BCUT2D eigenvalue weighted by Crippen LogP contribution is 2.23. The number of nitrogens with one attached hydrogen (secondary N) is 1. The van der Waals surface area contributed by atoms with E-state index in [2.05, 4.69) is 43.5 Å². The highest BCUT2D eigenvalue weighted by molar-refractivity contribution is 5.76. The topological polar surface area (TPSA) is 175 Å². The number of aliphatic hydroxyl groups is 5. The number of hydrogen-bond acceptors (Lipinski definition) is 10. The highest BCUT2D eigenvalue weighted by atomic mass is 16.7. The number of carbonyl (C=O) groups is 2. The van der Waals surface area contributed by atoms with Crippen LogP contribution in [0, 0.1) is 0 Å². The molecule has 1 aliphatic rings. The van der Waals surface area contributed by atoms with Gasteiger partial charge in [0.2, 0.25) is 5.91 Å². The molecule has 7 atom stereocenters. The number of rotatable bonds is 43. The predicted molar refractivity (Wildman–Crippen MR) is 255 cm³/mol. The molecule has 0 aromatic rings. The Labute approximate surface area is 383 Å². The fraction of sp³-hybridized carbons (Fsp3) is 0.846. The average Bonchev–Trinajstić information content (AvgIpc) is 3.28. The van der Waals surface area contributed by atoms with Gasteiger partial charge in [0.1, 0.15) is 24.4 Å². The molecular formula is C52H95NO10. The van der Waals surface area contributed by atoms with E-state index < -0.39 is 49.5 Å². The molecule has 7 unspecified atom stereocenters. The van der Waals surface area contributed by atoms with E-state index in [4.69, 9.17) is 14.2 Å². The molecule has 1 aliphatic heterocycles. The van der Waals surface area contributed by atoms with E-state index in [-0.39, 0.29) is 18.5 Å². The summed E-state index contributed by atoms with van der Waals surface area (Å²) in [5.74, 6) is -0.250. The first-order valence-electron chi connectivity index (χ1n) is 25.8. The smallest absolute Gasteiger partial charge is 0.305 e. The van der Waals surface area contributed by atoms with Crippen LogP contribution in [0.2, 0.25) is 0 Å². The van der Waals surface area contributed by atoms with E-state index in [0.29, 0.717) is 19.4 Å². The summed E-state index contributed by atoms with van der Waals surface area (Å²) in [5, 5.41) is 54.1. The van der Waals surface area contributed by atoms with Crippen molar-refractivity contribution in [3.05, 3.63) is 36.5 Å². The first kappa shape index (κ1) is 58.9. The van der Waals surface area contributed by atoms with Crippen LogP contribution in [0.25, 0.3) is 0 Å². The summed E-state index contributed by atoms with van der Waals surface area (Å²) in [6.45, 7) is 4.19. The lowest BCUT2D eigenvalue weighted by atomic mass is 9.99. The molecule has 0 aliphatic carbocycles.